The van der Waals surface area contributed by atoms with Crippen LogP contribution in [0.1, 0.15) is 28.5 Å². The standard InChI is InChI=1S/C22H23BrN2O5S/c1-4-29-22(26)20-18(12-31(27,28)14-8-6-5-7-9-14)25(3)17-10-16(23)21-15(19(17)20)11-24(2)13-30-21/h5-10H,4,11-13H2,1-3H3. The van der Waals surface area contributed by atoms with E-state index in [2.05, 4.69) is 15.9 Å². The summed E-state index contributed by atoms with van der Waals surface area (Å²) in [6.45, 7) is 2.90. The second kappa shape index (κ2) is 8.29. The lowest BCUT2D eigenvalue weighted by atomic mass is 10.0. The van der Waals surface area contributed by atoms with Gasteiger partial charge in [0, 0.05) is 30.2 Å². The molecule has 0 bridgehead atoms. The van der Waals surface area contributed by atoms with E-state index < -0.39 is 15.8 Å². The second-order valence-corrected chi connectivity index (χ2v) is 10.4. The molecule has 164 valence electrons. The fraction of sp³-hybridized carbons (Fsp3) is 0.318. The summed E-state index contributed by atoms with van der Waals surface area (Å²) < 4.78 is 40.1. The molecule has 2 aromatic carbocycles. The van der Waals surface area contributed by atoms with E-state index in [-0.39, 0.29) is 22.8 Å². The van der Waals surface area contributed by atoms with Crippen molar-refractivity contribution in [3.63, 3.8) is 0 Å². The smallest absolute Gasteiger partial charge is 0.340 e. The number of fused-ring (bicyclic) bond motifs is 3. The van der Waals surface area contributed by atoms with E-state index in [1.54, 1.807) is 48.9 Å². The number of ether oxygens (including phenoxy) is 2. The summed E-state index contributed by atoms with van der Waals surface area (Å²) in [6.07, 6.45) is 0. The van der Waals surface area contributed by atoms with E-state index >= 15 is 0 Å². The van der Waals surface area contributed by atoms with E-state index in [1.165, 1.54) is 0 Å². The monoisotopic (exact) mass is 506 g/mol. The molecule has 7 nitrogen and oxygen atoms in total. The minimum absolute atomic E-state index is 0.190. The Bertz CT molecular complexity index is 1270. The number of aryl methyl sites for hydroxylation is 1. The Labute approximate surface area is 189 Å². The molecule has 0 fully saturated rings. The summed E-state index contributed by atoms with van der Waals surface area (Å²) in [5.74, 6) is -0.192. The molecule has 0 atom stereocenters. The number of rotatable bonds is 5. The number of esters is 1. The predicted octanol–water partition coefficient (Wildman–Crippen LogP) is 3.87. The van der Waals surface area contributed by atoms with Crippen LogP contribution in [0.2, 0.25) is 0 Å². The largest absolute Gasteiger partial charge is 0.477 e. The molecule has 2 heterocycles. The van der Waals surface area contributed by atoms with Crippen LogP contribution in [0.5, 0.6) is 5.75 Å². The van der Waals surface area contributed by atoms with Crippen molar-refractivity contribution in [3.05, 3.63) is 57.7 Å². The molecular weight excluding hydrogens is 484 g/mol. The third-order valence-electron chi connectivity index (χ3n) is 5.38. The average Bonchev–Trinajstić information content (AvgIpc) is 3.00. The Morgan fingerprint density at radius 3 is 2.61 bits per heavy atom. The van der Waals surface area contributed by atoms with Crippen LogP contribution in [-0.2, 0) is 33.9 Å². The van der Waals surface area contributed by atoms with Crippen LogP contribution in [0.3, 0.4) is 0 Å². The highest BCUT2D eigenvalue weighted by molar-refractivity contribution is 9.10. The van der Waals surface area contributed by atoms with Gasteiger partial charge in [-0.25, -0.2) is 13.2 Å². The number of carbonyl (C=O) groups is 1. The highest BCUT2D eigenvalue weighted by atomic mass is 79.9. The van der Waals surface area contributed by atoms with Gasteiger partial charge in [0.25, 0.3) is 0 Å². The molecule has 0 spiro atoms. The molecule has 3 aromatic rings. The van der Waals surface area contributed by atoms with Gasteiger partial charge in [-0.2, -0.15) is 0 Å². The maximum atomic E-state index is 13.2. The molecule has 31 heavy (non-hydrogen) atoms. The van der Waals surface area contributed by atoms with Gasteiger partial charge in [-0.15, -0.1) is 0 Å². The lowest BCUT2D eigenvalue weighted by Crippen LogP contribution is -2.28. The molecular formula is C22H23BrN2O5S. The van der Waals surface area contributed by atoms with Crippen molar-refractivity contribution < 1.29 is 22.7 Å². The molecule has 1 aromatic heterocycles. The van der Waals surface area contributed by atoms with Gasteiger partial charge in [0.2, 0.25) is 0 Å². The Kier molecular flexibility index (Phi) is 5.85. The van der Waals surface area contributed by atoms with Crippen LogP contribution >= 0.6 is 15.9 Å². The zero-order valence-corrected chi connectivity index (χ0v) is 19.9. The van der Waals surface area contributed by atoms with Gasteiger partial charge in [-0.1, -0.05) is 18.2 Å². The molecule has 0 N–H and O–H groups in total. The summed E-state index contributed by atoms with van der Waals surface area (Å²) in [6, 6.07) is 10.1. The van der Waals surface area contributed by atoms with Gasteiger partial charge in [-0.05, 0) is 48.1 Å². The van der Waals surface area contributed by atoms with E-state index in [4.69, 9.17) is 9.47 Å². The molecule has 1 aliphatic heterocycles. The second-order valence-electron chi connectivity index (χ2n) is 7.52. The predicted molar refractivity (Wildman–Crippen MR) is 121 cm³/mol. The quantitative estimate of drug-likeness (QED) is 0.488. The molecule has 0 saturated heterocycles. The summed E-state index contributed by atoms with van der Waals surface area (Å²) in [7, 11) is 0.0124. The normalized spacial score (nSPS) is 14.3. The minimum atomic E-state index is -3.68. The number of benzene rings is 2. The third-order valence-corrected chi connectivity index (χ3v) is 7.62. The van der Waals surface area contributed by atoms with Crippen LogP contribution in [-0.4, -0.2) is 44.2 Å². The Hall–Kier alpha value is -2.36. The fourth-order valence-electron chi connectivity index (χ4n) is 3.95. The Morgan fingerprint density at radius 2 is 1.94 bits per heavy atom. The number of nitrogens with zero attached hydrogens (tertiary/aromatic N) is 2. The number of carbonyl (C=O) groups excluding carboxylic acids is 1. The summed E-state index contributed by atoms with van der Waals surface area (Å²) in [4.78, 5) is 15.3. The van der Waals surface area contributed by atoms with Crippen molar-refractivity contribution in [3.8, 4) is 5.75 Å². The van der Waals surface area contributed by atoms with E-state index in [9.17, 15) is 13.2 Å². The molecule has 1 aliphatic rings. The van der Waals surface area contributed by atoms with Gasteiger partial charge in [0.05, 0.1) is 32.8 Å². The first kappa shape index (κ1) is 21.9. The first-order valence-electron chi connectivity index (χ1n) is 9.83. The number of sulfone groups is 1. The molecule has 4 rings (SSSR count). The van der Waals surface area contributed by atoms with Crippen molar-refractivity contribution in [2.75, 3.05) is 20.4 Å². The number of hydrogen-bond acceptors (Lipinski definition) is 6. The molecule has 9 heteroatoms. The first-order chi connectivity index (χ1) is 14.7. The van der Waals surface area contributed by atoms with Crippen LogP contribution < -0.4 is 4.74 Å². The van der Waals surface area contributed by atoms with Crippen molar-refractivity contribution in [1.29, 1.82) is 0 Å². The van der Waals surface area contributed by atoms with E-state index in [0.29, 0.717) is 30.1 Å². The number of aromatic nitrogens is 1. The number of hydrogen-bond donors (Lipinski definition) is 0. The lowest BCUT2D eigenvalue weighted by Gasteiger charge is -2.27. The molecule has 0 radical (unpaired) electrons. The molecule has 0 aliphatic carbocycles. The van der Waals surface area contributed by atoms with Crippen molar-refractivity contribution in [1.82, 2.24) is 9.47 Å². The van der Waals surface area contributed by atoms with Gasteiger partial charge in [0.1, 0.15) is 12.5 Å². The van der Waals surface area contributed by atoms with Crippen LogP contribution in [0.25, 0.3) is 10.9 Å². The maximum Gasteiger partial charge on any atom is 0.340 e. The van der Waals surface area contributed by atoms with Crippen molar-refractivity contribution in [2.45, 2.75) is 24.1 Å². The average molecular weight is 507 g/mol. The fourth-order valence-corrected chi connectivity index (χ4v) is 5.96. The number of halogens is 1. The molecule has 0 unspecified atom stereocenters. The zero-order valence-electron chi connectivity index (χ0n) is 17.5. The van der Waals surface area contributed by atoms with E-state index in [0.717, 1.165) is 15.6 Å². The Balaban J connectivity index is 1.99. The summed E-state index contributed by atoms with van der Waals surface area (Å²) in [5.41, 5.74) is 2.25. The van der Waals surface area contributed by atoms with Crippen LogP contribution in [0, 0.1) is 0 Å². The zero-order chi connectivity index (χ0) is 22.3. The first-order valence-corrected chi connectivity index (χ1v) is 12.3. The van der Waals surface area contributed by atoms with Gasteiger partial charge >= 0.3 is 5.97 Å². The highest BCUT2D eigenvalue weighted by Crippen LogP contribution is 2.42. The van der Waals surface area contributed by atoms with E-state index in [1.807, 2.05) is 18.0 Å². The maximum absolute atomic E-state index is 13.2. The van der Waals surface area contributed by atoms with Gasteiger partial charge < -0.3 is 14.0 Å². The molecule has 0 amide bonds. The van der Waals surface area contributed by atoms with Crippen molar-refractivity contribution in [2.24, 2.45) is 7.05 Å². The third kappa shape index (κ3) is 3.86. The topological polar surface area (TPSA) is 77.8 Å². The minimum Gasteiger partial charge on any atom is -0.477 e. The lowest BCUT2D eigenvalue weighted by molar-refractivity contribution is 0.0527. The van der Waals surface area contributed by atoms with Crippen LogP contribution in [0.15, 0.2) is 45.8 Å². The van der Waals surface area contributed by atoms with Gasteiger partial charge in [-0.3, -0.25) is 4.90 Å². The SMILES string of the molecule is CCOC(=O)c1c(CS(=O)(=O)c2ccccc2)n(C)c2cc(Br)c3c(c12)CN(C)CO3. The Morgan fingerprint density at radius 1 is 1.23 bits per heavy atom. The highest BCUT2D eigenvalue weighted by Gasteiger charge is 2.32. The van der Waals surface area contributed by atoms with Crippen molar-refractivity contribution >= 4 is 42.6 Å². The van der Waals surface area contributed by atoms with Crippen LogP contribution in [0.4, 0.5) is 0 Å². The molecule has 0 saturated carbocycles. The summed E-state index contributed by atoms with van der Waals surface area (Å²) in [5, 5.41) is 0.670. The summed E-state index contributed by atoms with van der Waals surface area (Å²) >= 11 is 3.57. The van der Waals surface area contributed by atoms with Gasteiger partial charge in [0.15, 0.2) is 9.84 Å².